The lowest BCUT2D eigenvalue weighted by atomic mass is 10.00. The van der Waals surface area contributed by atoms with Crippen LogP contribution in [0, 0.1) is 0 Å². The molecule has 0 spiro atoms. The van der Waals surface area contributed by atoms with Crippen LogP contribution in [-0.4, -0.2) is 87.1 Å². The molecule has 156 valence electrons. The van der Waals surface area contributed by atoms with Crippen LogP contribution >= 0.6 is 24.0 Å². The van der Waals surface area contributed by atoms with E-state index in [0.717, 1.165) is 32.0 Å². The zero-order chi connectivity index (χ0) is 18.9. The molecule has 3 rings (SSSR count). The summed E-state index contributed by atoms with van der Waals surface area (Å²) in [6.07, 6.45) is 5.88. The molecule has 2 aliphatic heterocycles. The fourth-order valence-corrected chi connectivity index (χ4v) is 3.93. The molecule has 6 heteroatoms. The number of likely N-dealkylation sites (N-methyl/N-ethyl adjacent to an activating group) is 1. The normalized spacial score (nSPS) is 19.6. The van der Waals surface area contributed by atoms with Crippen LogP contribution in [0.1, 0.15) is 24.8 Å². The van der Waals surface area contributed by atoms with Gasteiger partial charge in [-0.1, -0.05) is 36.4 Å². The number of hydrogen-bond acceptors (Lipinski definition) is 3. The van der Waals surface area contributed by atoms with E-state index in [1.807, 2.05) is 7.05 Å². The van der Waals surface area contributed by atoms with Gasteiger partial charge in [0.2, 0.25) is 0 Å². The lowest BCUT2D eigenvalue weighted by Gasteiger charge is -2.30. The van der Waals surface area contributed by atoms with Crippen molar-refractivity contribution in [1.29, 1.82) is 0 Å². The number of aliphatic imine (C=N–C) groups is 1. The van der Waals surface area contributed by atoms with Gasteiger partial charge in [0.15, 0.2) is 5.96 Å². The fraction of sp³-hybridized carbons (Fsp3) is 0.591. The molecule has 0 radical (unpaired) electrons. The summed E-state index contributed by atoms with van der Waals surface area (Å²) in [6.45, 7) is 8.98. The monoisotopic (exact) mass is 497 g/mol. The van der Waals surface area contributed by atoms with Gasteiger partial charge in [-0.15, -0.1) is 24.0 Å². The van der Waals surface area contributed by atoms with Crippen LogP contribution < -0.4 is 5.32 Å². The van der Waals surface area contributed by atoms with Gasteiger partial charge in [-0.05, 0) is 57.1 Å². The van der Waals surface area contributed by atoms with Crippen LogP contribution in [0.2, 0.25) is 0 Å². The van der Waals surface area contributed by atoms with E-state index in [4.69, 9.17) is 0 Å². The number of guanidine groups is 1. The van der Waals surface area contributed by atoms with Crippen molar-refractivity contribution < 1.29 is 0 Å². The molecule has 0 aromatic heterocycles. The minimum Gasteiger partial charge on any atom is -0.356 e. The molecule has 1 N–H and O–H groups in total. The van der Waals surface area contributed by atoms with Crippen molar-refractivity contribution in [2.45, 2.75) is 19.3 Å². The van der Waals surface area contributed by atoms with E-state index in [-0.39, 0.29) is 24.0 Å². The molecule has 1 aromatic rings. The highest BCUT2D eigenvalue weighted by Gasteiger charge is 2.16. The lowest BCUT2D eigenvalue weighted by molar-refractivity contribution is 0.273. The number of halogens is 1. The fourth-order valence-electron chi connectivity index (χ4n) is 3.93. The average Bonchev–Trinajstić information content (AvgIpc) is 2.93. The van der Waals surface area contributed by atoms with Crippen molar-refractivity contribution in [3.63, 3.8) is 0 Å². The topological polar surface area (TPSA) is 34.1 Å². The molecule has 0 saturated carbocycles. The summed E-state index contributed by atoms with van der Waals surface area (Å²) in [6, 6.07) is 10.7. The van der Waals surface area contributed by atoms with Gasteiger partial charge in [-0.2, -0.15) is 0 Å². The van der Waals surface area contributed by atoms with Crippen molar-refractivity contribution >= 4 is 35.5 Å². The van der Waals surface area contributed by atoms with Crippen LogP contribution in [0.15, 0.2) is 41.4 Å². The van der Waals surface area contributed by atoms with Crippen LogP contribution in [0.5, 0.6) is 0 Å². The summed E-state index contributed by atoms with van der Waals surface area (Å²) >= 11 is 0. The first-order chi connectivity index (χ1) is 13.3. The molecule has 2 aliphatic rings. The molecule has 0 amide bonds. The first-order valence-electron chi connectivity index (χ1n) is 10.4. The van der Waals surface area contributed by atoms with Crippen molar-refractivity contribution in [3.05, 3.63) is 42.0 Å². The second kappa shape index (κ2) is 12.4. The Labute approximate surface area is 187 Å². The number of hydrogen-bond donors (Lipinski definition) is 1. The van der Waals surface area contributed by atoms with Gasteiger partial charge in [-0.25, -0.2) is 0 Å². The van der Waals surface area contributed by atoms with Crippen molar-refractivity contribution in [2.75, 3.05) is 66.5 Å². The molecule has 28 heavy (non-hydrogen) atoms. The Morgan fingerprint density at radius 3 is 2.61 bits per heavy atom. The van der Waals surface area contributed by atoms with Gasteiger partial charge in [0.1, 0.15) is 0 Å². The Morgan fingerprint density at radius 1 is 1.07 bits per heavy atom. The van der Waals surface area contributed by atoms with E-state index in [1.54, 1.807) is 0 Å². The van der Waals surface area contributed by atoms with E-state index in [2.05, 4.69) is 68.5 Å². The highest BCUT2D eigenvalue weighted by Crippen LogP contribution is 2.21. The van der Waals surface area contributed by atoms with E-state index in [1.165, 1.54) is 56.7 Å². The van der Waals surface area contributed by atoms with Gasteiger partial charge in [-0.3, -0.25) is 4.99 Å². The van der Waals surface area contributed by atoms with E-state index in [0.29, 0.717) is 0 Å². The zero-order valence-electron chi connectivity index (χ0n) is 17.4. The van der Waals surface area contributed by atoms with Gasteiger partial charge in [0.25, 0.3) is 0 Å². The number of benzene rings is 1. The Kier molecular flexibility index (Phi) is 10.3. The summed E-state index contributed by atoms with van der Waals surface area (Å²) in [7, 11) is 4.12. The molecular formula is C22H36IN5. The van der Waals surface area contributed by atoms with Crippen molar-refractivity contribution in [2.24, 2.45) is 4.99 Å². The number of nitrogens with zero attached hydrogens (tertiary/aromatic N) is 4. The Hall–Kier alpha value is -1.12. The van der Waals surface area contributed by atoms with Gasteiger partial charge >= 0.3 is 0 Å². The second-order valence-electron chi connectivity index (χ2n) is 7.62. The smallest absolute Gasteiger partial charge is 0.193 e. The summed E-state index contributed by atoms with van der Waals surface area (Å²) in [4.78, 5) is 11.9. The molecule has 0 unspecified atom stereocenters. The van der Waals surface area contributed by atoms with Crippen molar-refractivity contribution in [1.82, 2.24) is 20.0 Å². The Morgan fingerprint density at radius 2 is 1.89 bits per heavy atom. The maximum Gasteiger partial charge on any atom is 0.193 e. The highest BCUT2D eigenvalue weighted by molar-refractivity contribution is 14.0. The third-order valence-electron chi connectivity index (χ3n) is 5.61. The Bertz CT molecular complexity index is 631. The van der Waals surface area contributed by atoms with Crippen LogP contribution in [0.4, 0.5) is 0 Å². The quantitative estimate of drug-likeness (QED) is 0.294. The summed E-state index contributed by atoms with van der Waals surface area (Å²) in [5.41, 5.74) is 2.80. The molecule has 0 bridgehead atoms. The SMILES string of the molecule is CN=C(NCCCN1CCCN(C)CC1)N1CC=C(c2ccccc2)CC1.I. The van der Waals surface area contributed by atoms with Gasteiger partial charge in [0.05, 0.1) is 0 Å². The molecule has 0 aliphatic carbocycles. The zero-order valence-corrected chi connectivity index (χ0v) is 19.8. The lowest BCUT2D eigenvalue weighted by Crippen LogP contribution is -2.44. The molecule has 1 fully saturated rings. The summed E-state index contributed by atoms with van der Waals surface area (Å²) in [5.74, 6) is 1.04. The molecule has 1 aromatic carbocycles. The van der Waals surface area contributed by atoms with Gasteiger partial charge < -0.3 is 20.0 Å². The minimum atomic E-state index is 0. The largest absolute Gasteiger partial charge is 0.356 e. The molecule has 5 nitrogen and oxygen atoms in total. The maximum atomic E-state index is 4.50. The maximum absolute atomic E-state index is 4.50. The minimum absolute atomic E-state index is 0. The predicted molar refractivity (Wildman–Crippen MR) is 131 cm³/mol. The molecule has 2 heterocycles. The molecular weight excluding hydrogens is 461 g/mol. The third kappa shape index (κ3) is 7.04. The summed E-state index contributed by atoms with van der Waals surface area (Å²) < 4.78 is 0. The van der Waals surface area contributed by atoms with E-state index >= 15 is 0 Å². The van der Waals surface area contributed by atoms with Crippen LogP contribution in [0.25, 0.3) is 5.57 Å². The predicted octanol–water partition coefficient (Wildman–Crippen LogP) is 3.00. The van der Waals surface area contributed by atoms with Gasteiger partial charge in [0, 0.05) is 39.8 Å². The first kappa shape index (κ1) is 23.2. The van der Waals surface area contributed by atoms with Crippen molar-refractivity contribution in [3.8, 4) is 0 Å². The van der Waals surface area contributed by atoms with E-state index in [9.17, 15) is 0 Å². The standard InChI is InChI=1S/C22H35N5.HI/c1-23-22(24-12-6-14-26-15-7-13-25(2)18-19-26)27-16-10-21(11-17-27)20-8-4-3-5-9-20;/h3-5,8-10H,6-7,11-19H2,1-2H3,(H,23,24);1H. The average molecular weight is 497 g/mol. The molecule has 0 atom stereocenters. The van der Waals surface area contributed by atoms with Crippen LogP contribution in [0.3, 0.4) is 0 Å². The summed E-state index contributed by atoms with van der Waals surface area (Å²) in [5, 5.41) is 3.57. The van der Waals surface area contributed by atoms with Crippen LogP contribution in [-0.2, 0) is 0 Å². The number of nitrogens with one attached hydrogen (secondary N) is 1. The first-order valence-corrected chi connectivity index (χ1v) is 10.4. The van der Waals surface area contributed by atoms with E-state index < -0.39 is 0 Å². The number of rotatable bonds is 5. The second-order valence-corrected chi connectivity index (χ2v) is 7.62. The highest BCUT2D eigenvalue weighted by atomic mass is 127. The Balaban J connectivity index is 0.00000280. The molecule has 1 saturated heterocycles. The third-order valence-corrected chi connectivity index (χ3v) is 5.61.